The number of hydrogen-bond acceptors (Lipinski definition) is 5. The van der Waals surface area contributed by atoms with Gasteiger partial charge in [-0.2, -0.15) is 0 Å². The summed E-state index contributed by atoms with van der Waals surface area (Å²) in [5, 5.41) is 3.38. The second-order valence-electron chi connectivity index (χ2n) is 5.04. The van der Waals surface area contributed by atoms with E-state index in [0.29, 0.717) is 13.2 Å². The van der Waals surface area contributed by atoms with Crippen molar-refractivity contribution in [1.29, 1.82) is 0 Å². The number of benzene rings is 1. The van der Waals surface area contributed by atoms with Crippen molar-refractivity contribution in [3.05, 3.63) is 18.0 Å². The largest absolute Gasteiger partial charge is 0.486 e. The number of aromatic amines is 1. The fourth-order valence-electron chi connectivity index (χ4n) is 2.39. The lowest BCUT2D eigenvalue weighted by molar-refractivity contribution is 0.172. The van der Waals surface area contributed by atoms with Crippen molar-refractivity contribution in [3.63, 3.8) is 0 Å². The van der Waals surface area contributed by atoms with E-state index in [1.807, 2.05) is 12.1 Å². The third-order valence-corrected chi connectivity index (χ3v) is 3.44. The molecule has 3 rings (SSSR count). The first-order valence-electron chi connectivity index (χ1n) is 7.35. The number of methoxy groups -OCH3 is 1. The molecule has 6 heteroatoms. The van der Waals surface area contributed by atoms with Gasteiger partial charge in [0, 0.05) is 38.8 Å². The van der Waals surface area contributed by atoms with Crippen LogP contribution in [-0.4, -0.2) is 50.0 Å². The van der Waals surface area contributed by atoms with Crippen molar-refractivity contribution < 1.29 is 14.2 Å². The normalized spacial score (nSPS) is 13.8. The van der Waals surface area contributed by atoms with Gasteiger partial charge in [-0.1, -0.05) is 0 Å². The maximum atomic E-state index is 5.58. The monoisotopic (exact) mass is 291 g/mol. The van der Waals surface area contributed by atoms with E-state index in [4.69, 9.17) is 14.2 Å². The van der Waals surface area contributed by atoms with Crippen LogP contribution in [0.1, 0.15) is 12.2 Å². The van der Waals surface area contributed by atoms with Gasteiger partial charge in [0.05, 0.1) is 11.0 Å². The molecule has 2 heterocycles. The fraction of sp³-hybridized carbons (Fsp3) is 0.533. The van der Waals surface area contributed by atoms with Crippen LogP contribution in [0, 0.1) is 0 Å². The molecule has 1 aliphatic rings. The van der Waals surface area contributed by atoms with Crippen LogP contribution in [0.5, 0.6) is 11.5 Å². The van der Waals surface area contributed by atoms with Crippen molar-refractivity contribution in [2.45, 2.75) is 12.8 Å². The minimum atomic E-state index is 0.598. The minimum absolute atomic E-state index is 0.598. The zero-order valence-corrected chi connectivity index (χ0v) is 12.3. The number of ether oxygens (including phenoxy) is 3. The number of H-pyrrole nitrogens is 1. The van der Waals surface area contributed by atoms with E-state index < -0.39 is 0 Å². The predicted octanol–water partition coefficient (Wildman–Crippen LogP) is 1.50. The van der Waals surface area contributed by atoms with Gasteiger partial charge in [-0.05, 0) is 13.0 Å². The number of fused-ring (bicyclic) bond motifs is 2. The molecule has 0 bridgehead atoms. The highest BCUT2D eigenvalue weighted by molar-refractivity contribution is 5.79. The van der Waals surface area contributed by atoms with Crippen LogP contribution in [0.4, 0.5) is 0 Å². The molecule has 0 amide bonds. The summed E-state index contributed by atoms with van der Waals surface area (Å²) in [4.78, 5) is 7.94. The summed E-state index contributed by atoms with van der Waals surface area (Å²) in [6.45, 7) is 3.86. The second-order valence-corrected chi connectivity index (χ2v) is 5.04. The zero-order chi connectivity index (χ0) is 14.5. The molecule has 0 fully saturated rings. The molecule has 0 unspecified atom stereocenters. The zero-order valence-electron chi connectivity index (χ0n) is 12.3. The lowest BCUT2D eigenvalue weighted by Crippen LogP contribution is -2.19. The molecule has 1 aromatic carbocycles. The van der Waals surface area contributed by atoms with Gasteiger partial charge in [-0.3, -0.25) is 0 Å². The highest BCUT2D eigenvalue weighted by Gasteiger charge is 2.14. The molecule has 0 radical (unpaired) electrons. The van der Waals surface area contributed by atoms with Gasteiger partial charge < -0.3 is 24.5 Å². The van der Waals surface area contributed by atoms with Crippen LogP contribution in [-0.2, 0) is 11.2 Å². The Kier molecular flexibility index (Phi) is 4.57. The van der Waals surface area contributed by atoms with Crippen molar-refractivity contribution in [2.75, 3.05) is 40.0 Å². The Balaban J connectivity index is 1.59. The molecule has 21 heavy (non-hydrogen) atoms. The molecule has 6 nitrogen and oxygen atoms in total. The molecule has 0 saturated carbocycles. The number of hydrogen-bond donors (Lipinski definition) is 2. The van der Waals surface area contributed by atoms with Gasteiger partial charge in [-0.15, -0.1) is 0 Å². The Morgan fingerprint density at radius 3 is 2.86 bits per heavy atom. The maximum absolute atomic E-state index is 5.58. The van der Waals surface area contributed by atoms with Crippen LogP contribution in [0.3, 0.4) is 0 Å². The number of rotatable bonds is 7. The topological polar surface area (TPSA) is 68.4 Å². The van der Waals surface area contributed by atoms with Gasteiger partial charge in [0.25, 0.3) is 0 Å². The number of aromatic nitrogens is 2. The van der Waals surface area contributed by atoms with E-state index in [2.05, 4.69) is 15.3 Å². The summed E-state index contributed by atoms with van der Waals surface area (Å²) in [5.74, 6) is 2.55. The van der Waals surface area contributed by atoms with Gasteiger partial charge >= 0.3 is 0 Å². The Morgan fingerprint density at radius 2 is 2.05 bits per heavy atom. The van der Waals surface area contributed by atoms with Crippen molar-refractivity contribution >= 4 is 11.0 Å². The Morgan fingerprint density at radius 1 is 1.24 bits per heavy atom. The summed E-state index contributed by atoms with van der Waals surface area (Å²) in [5.41, 5.74) is 1.92. The predicted molar refractivity (Wildman–Crippen MR) is 80.2 cm³/mol. The molecule has 0 aliphatic carbocycles. The lowest BCUT2D eigenvalue weighted by atomic mass is 10.2. The summed E-state index contributed by atoms with van der Waals surface area (Å²) >= 11 is 0. The minimum Gasteiger partial charge on any atom is -0.486 e. The van der Waals surface area contributed by atoms with E-state index in [1.165, 1.54) is 0 Å². The second kappa shape index (κ2) is 6.78. The third kappa shape index (κ3) is 3.46. The molecular weight excluding hydrogens is 270 g/mol. The smallest absolute Gasteiger partial charge is 0.163 e. The lowest BCUT2D eigenvalue weighted by Gasteiger charge is -2.17. The van der Waals surface area contributed by atoms with E-state index in [-0.39, 0.29) is 0 Å². The van der Waals surface area contributed by atoms with Crippen molar-refractivity contribution in [1.82, 2.24) is 15.3 Å². The average Bonchev–Trinajstić information content (AvgIpc) is 2.90. The van der Waals surface area contributed by atoms with Gasteiger partial charge in [0.1, 0.15) is 19.0 Å². The molecule has 1 aliphatic heterocycles. The van der Waals surface area contributed by atoms with Gasteiger partial charge in [-0.25, -0.2) is 4.98 Å². The van der Waals surface area contributed by atoms with Crippen LogP contribution in [0.2, 0.25) is 0 Å². The van der Waals surface area contributed by atoms with E-state index in [0.717, 1.165) is 60.9 Å². The number of nitrogens with one attached hydrogen (secondary N) is 2. The average molecular weight is 291 g/mol. The first-order valence-corrected chi connectivity index (χ1v) is 7.35. The molecule has 2 N–H and O–H groups in total. The standard InChI is InChI=1S/C15H21N3O3/c1-19-6-2-4-16-5-3-15-17-11-9-13-14(10-12(11)18-15)21-8-7-20-13/h9-10,16H,2-8H2,1H3,(H,17,18). The third-order valence-electron chi connectivity index (χ3n) is 3.44. The SMILES string of the molecule is COCCCNCCc1nc2cc3c(cc2[nH]1)OCCO3. The Bertz CT molecular complexity index is 554. The molecule has 114 valence electrons. The highest BCUT2D eigenvalue weighted by atomic mass is 16.6. The molecule has 0 spiro atoms. The number of nitrogens with zero attached hydrogens (tertiary/aromatic N) is 1. The highest BCUT2D eigenvalue weighted by Crippen LogP contribution is 2.33. The first-order chi connectivity index (χ1) is 10.4. The fourth-order valence-corrected chi connectivity index (χ4v) is 2.39. The molecule has 0 saturated heterocycles. The number of imidazole rings is 1. The molecule has 2 aromatic rings. The molecule has 0 atom stereocenters. The molecular formula is C15H21N3O3. The first kappa shape index (κ1) is 14.2. The quantitative estimate of drug-likeness (QED) is 0.757. The van der Waals surface area contributed by atoms with E-state index in [1.54, 1.807) is 7.11 Å². The summed E-state index contributed by atoms with van der Waals surface area (Å²) in [6, 6.07) is 3.90. The maximum Gasteiger partial charge on any atom is 0.163 e. The van der Waals surface area contributed by atoms with Crippen LogP contribution >= 0.6 is 0 Å². The molecule has 1 aromatic heterocycles. The van der Waals surface area contributed by atoms with E-state index in [9.17, 15) is 0 Å². The van der Waals surface area contributed by atoms with Gasteiger partial charge in [0.15, 0.2) is 11.5 Å². The van der Waals surface area contributed by atoms with Crippen LogP contribution in [0.15, 0.2) is 12.1 Å². The van der Waals surface area contributed by atoms with E-state index >= 15 is 0 Å². The summed E-state index contributed by atoms with van der Waals surface area (Å²) in [6.07, 6.45) is 1.89. The van der Waals surface area contributed by atoms with Gasteiger partial charge in [0.2, 0.25) is 0 Å². The van der Waals surface area contributed by atoms with Crippen LogP contribution in [0.25, 0.3) is 11.0 Å². The summed E-state index contributed by atoms with van der Waals surface area (Å²) in [7, 11) is 1.72. The van der Waals surface area contributed by atoms with Crippen molar-refractivity contribution in [2.24, 2.45) is 0 Å². The Labute approximate surface area is 123 Å². The van der Waals surface area contributed by atoms with Crippen molar-refractivity contribution in [3.8, 4) is 11.5 Å². The van der Waals surface area contributed by atoms with Crippen LogP contribution < -0.4 is 14.8 Å². The summed E-state index contributed by atoms with van der Waals surface area (Å²) < 4.78 is 16.2. The Hall–Kier alpha value is -1.79.